The maximum absolute atomic E-state index is 3.74. The van der Waals surface area contributed by atoms with Gasteiger partial charge in [0.2, 0.25) is 0 Å². The first-order valence-corrected chi connectivity index (χ1v) is 9.84. The normalized spacial score (nSPS) is 15.6. The fourth-order valence-electron chi connectivity index (χ4n) is 3.13. The largest absolute Gasteiger partial charge is 0.354 e. The lowest BCUT2D eigenvalue weighted by atomic mass is 9.95. The molecule has 1 aliphatic rings. The lowest BCUT2D eigenvalue weighted by Gasteiger charge is -2.24. The number of rotatable bonds is 5. The van der Waals surface area contributed by atoms with E-state index in [1.165, 1.54) is 37.7 Å². The van der Waals surface area contributed by atoms with E-state index in [4.69, 9.17) is 0 Å². The molecule has 2 nitrogen and oxygen atoms in total. The van der Waals surface area contributed by atoms with E-state index in [1.54, 1.807) is 0 Å². The highest BCUT2D eigenvalue weighted by Gasteiger charge is 2.15. The van der Waals surface area contributed by atoms with E-state index in [2.05, 4.69) is 78.9 Å². The van der Waals surface area contributed by atoms with Crippen molar-refractivity contribution in [1.82, 2.24) is 5.32 Å². The Morgan fingerprint density at radius 2 is 1.70 bits per heavy atom. The number of nitrogens with one attached hydrogen (secondary N) is 2. The molecule has 1 saturated carbocycles. The van der Waals surface area contributed by atoms with Crippen LogP contribution in [0.15, 0.2) is 51.4 Å². The molecule has 2 N–H and O–H groups in total. The lowest BCUT2D eigenvalue weighted by Crippen LogP contribution is -2.30. The van der Waals surface area contributed by atoms with Crippen LogP contribution in [0.5, 0.6) is 0 Å². The molecule has 4 heteroatoms. The molecular weight excluding hydrogens is 416 g/mol. The van der Waals surface area contributed by atoms with Crippen LogP contribution in [0.3, 0.4) is 0 Å². The molecular formula is C19H22Br2N2. The Morgan fingerprint density at radius 3 is 2.43 bits per heavy atom. The standard InChI is InChI=1S/C19H22Br2N2/c20-15-11-14(13-22-16-7-3-1-4-8-16)19(18(21)12-15)23-17-9-5-2-6-10-17/h2,5-6,9-12,16,22-23H,1,3-4,7-8,13H2. The summed E-state index contributed by atoms with van der Waals surface area (Å²) in [6.07, 6.45) is 6.71. The number of halogens is 2. The summed E-state index contributed by atoms with van der Waals surface area (Å²) < 4.78 is 2.18. The molecule has 0 saturated heterocycles. The molecule has 0 aliphatic heterocycles. The summed E-state index contributed by atoms with van der Waals surface area (Å²) in [5, 5.41) is 7.28. The molecule has 0 spiro atoms. The van der Waals surface area contributed by atoms with Crippen molar-refractivity contribution >= 4 is 43.2 Å². The second-order valence-electron chi connectivity index (χ2n) is 6.13. The Balaban J connectivity index is 1.77. The summed E-state index contributed by atoms with van der Waals surface area (Å²) in [6, 6.07) is 15.3. The Labute approximate surface area is 155 Å². The monoisotopic (exact) mass is 436 g/mol. The third-order valence-corrected chi connectivity index (χ3v) is 5.45. The smallest absolute Gasteiger partial charge is 0.0575 e. The van der Waals surface area contributed by atoms with Gasteiger partial charge >= 0.3 is 0 Å². The summed E-state index contributed by atoms with van der Waals surface area (Å²) in [7, 11) is 0. The van der Waals surface area contributed by atoms with Gasteiger partial charge in [-0.25, -0.2) is 0 Å². The third-order valence-electron chi connectivity index (χ3n) is 4.37. The minimum atomic E-state index is 0.658. The van der Waals surface area contributed by atoms with Crippen molar-refractivity contribution in [3.8, 4) is 0 Å². The molecule has 23 heavy (non-hydrogen) atoms. The highest BCUT2D eigenvalue weighted by Crippen LogP contribution is 2.33. The second kappa shape index (κ2) is 8.32. The van der Waals surface area contributed by atoms with E-state index in [0.29, 0.717) is 6.04 Å². The summed E-state index contributed by atoms with van der Waals surface area (Å²) in [5.74, 6) is 0. The molecule has 0 amide bonds. The van der Waals surface area contributed by atoms with Crippen LogP contribution in [-0.2, 0) is 6.54 Å². The molecule has 2 aromatic rings. The van der Waals surface area contributed by atoms with E-state index < -0.39 is 0 Å². The van der Waals surface area contributed by atoms with E-state index in [-0.39, 0.29) is 0 Å². The molecule has 0 unspecified atom stereocenters. The van der Waals surface area contributed by atoms with Crippen LogP contribution in [0.4, 0.5) is 11.4 Å². The van der Waals surface area contributed by atoms with Crippen molar-refractivity contribution in [2.75, 3.05) is 5.32 Å². The van der Waals surface area contributed by atoms with Crippen LogP contribution >= 0.6 is 31.9 Å². The Kier molecular flexibility index (Phi) is 6.15. The van der Waals surface area contributed by atoms with Crippen molar-refractivity contribution in [3.63, 3.8) is 0 Å². The zero-order valence-corrected chi connectivity index (χ0v) is 16.3. The van der Waals surface area contributed by atoms with Crippen LogP contribution in [0.1, 0.15) is 37.7 Å². The number of hydrogen-bond acceptors (Lipinski definition) is 2. The molecule has 1 fully saturated rings. The first kappa shape index (κ1) is 17.0. The van der Waals surface area contributed by atoms with Gasteiger partial charge in [0.05, 0.1) is 5.69 Å². The topological polar surface area (TPSA) is 24.1 Å². The van der Waals surface area contributed by atoms with Gasteiger partial charge in [0.15, 0.2) is 0 Å². The summed E-state index contributed by atoms with van der Waals surface area (Å²) in [4.78, 5) is 0. The van der Waals surface area contributed by atoms with Gasteiger partial charge in [-0.05, 0) is 58.6 Å². The maximum atomic E-state index is 3.74. The second-order valence-corrected chi connectivity index (χ2v) is 7.90. The highest BCUT2D eigenvalue weighted by molar-refractivity contribution is 9.11. The van der Waals surface area contributed by atoms with E-state index >= 15 is 0 Å². The van der Waals surface area contributed by atoms with Gasteiger partial charge in [-0.15, -0.1) is 0 Å². The minimum absolute atomic E-state index is 0.658. The predicted molar refractivity (Wildman–Crippen MR) is 105 cm³/mol. The van der Waals surface area contributed by atoms with Crippen LogP contribution in [0.2, 0.25) is 0 Å². The number of para-hydroxylation sites is 1. The highest BCUT2D eigenvalue weighted by atomic mass is 79.9. The Morgan fingerprint density at radius 1 is 0.957 bits per heavy atom. The van der Waals surface area contributed by atoms with Gasteiger partial charge in [0, 0.05) is 27.2 Å². The zero-order chi connectivity index (χ0) is 16.1. The molecule has 0 heterocycles. The van der Waals surface area contributed by atoms with Gasteiger partial charge in [0.1, 0.15) is 0 Å². The van der Waals surface area contributed by atoms with Crippen molar-refractivity contribution < 1.29 is 0 Å². The average molecular weight is 438 g/mol. The number of anilines is 2. The van der Waals surface area contributed by atoms with Gasteiger partial charge in [-0.1, -0.05) is 53.4 Å². The summed E-state index contributed by atoms with van der Waals surface area (Å²) in [6.45, 7) is 0.887. The molecule has 0 bridgehead atoms. The Hall–Kier alpha value is -0.840. The quantitative estimate of drug-likeness (QED) is 0.567. The summed E-state index contributed by atoms with van der Waals surface area (Å²) >= 11 is 7.31. The van der Waals surface area contributed by atoms with E-state index in [9.17, 15) is 0 Å². The molecule has 0 atom stereocenters. The molecule has 1 aliphatic carbocycles. The number of hydrogen-bond donors (Lipinski definition) is 2. The maximum Gasteiger partial charge on any atom is 0.0575 e. The SMILES string of the molecule is Brc1cc(Br)c(Nc2ccccc2)c(CNC2CCCCC2)c1. The van der Waals surface area contributed by atoms with Crippen LogP contribution in [0.25, 0.3) is 0 Å². The molecule has 3 rings (SSSR count). The summed E-state index contributed by atoms with van der Waals surface area (Å²) in [5.41, 5.74) is 3.53. The van der Waals surface area contributed by atoms with Crippen LogP contribution in [0, 0.1) is 0 Å². The Bertz CT molecular complexity index is 637. The predicted octanol–water partition coefficient (Wildman–Crippen LogP) is 6.38. The van der Waals surface area contributed by atoms with Gasteiger partial charge in [0.25, 0.3) is 0 Å². The first-order valence-electron chi connectivity index (χ1n) is 8.26. The fourth-order valence-corrected chi connectivity index (χ4v) is 4.55. The lowest BCUT2D eigenvalue weighted by molar-refractivity contribution is 0.372. The third kappa shape index (κ3) is 4.82. The van der Waals surface area contributed by atoms with E-state index in [0.717, 1.165) is 26.9 Å². The van der Waals surface area contributed by atoms with Gasteiger partial charge in [-0.2, -0.15) is 0 Å². The zero-order valence-electron chi connectivity index (χ0n) is 13.1. The fraction of sp³-hybridized carbons (Fsp3) is 0.368. The average Bonchev–Trinajstić information content (AvgIpc) is 2.57. The van der Waals surface area contributed by atoms with Gasteiger partial charge < -0.3 is 10.6 Å². The van der Waals surface area contributed by atoms with Crippen LogP contribution < -0.4 is 10.6 Å². The minimum Gasteiger partial charge on any atom is -0.354 e. The van der Waals surface area contributed by atoms with Gasteiger partial charge in [-0.3, -0.25) is 0 Å². The first-order chi connectivity index (χ1) is 11.2. The van der Waals surface area contributed by atoms with Crippen molar-refractivity contribution in [2.24, 2.45) is 0 Å². The van der Waals surface area contributed by atoms with E-state index in [1.807, 2.05) is 6.07 Å². The molecule has 0 radical (unpaired) electrons. The molecule has 0 aromatic heterocycles. The van der Waals surface area contributed by atoms with Crippen molar-refractivity contribution in [2.45, 2.75) is 44.7 Å². The van der Waals surface area contributed by atoms with Crippen LogP contribution in [-0.4, -0.2) is 6.04 Å². The van der Waals surface area contributed by atoms with Crippen molar-refractivity contribution in [1.29, 1.82) is 0 Å². The van der Waals surface area contributed by atoms with Crippen molar-refractivity contribution in [3.05, 3.63) is 57.0 Å². The molecule has 2 aromatic carbocycles. The number of benzene rings is 2. The molecule has 122 valence electrons.